The summed E-state index contributed by atoms with van der Waals surface area (Å²) in [5.41, 5.74) is 3.40. The van der Waals surface area contributed by atoms with Gasteiger partial charge in [0.1, 0.15) is 0 Å². The molecule has 1 aliphatic heterocycles. The van der Waals surface area contributed by atoms with Gasteiger partial charge in [0.15, 0.2) is 0 Å². The number of benzene rings is 1. The molecule has 0 aliphatic carbocycles. The third kappa shape index (κ3) is 4.48. The minimum Gasteiger partial charge on any atom is -0.346 e. The molecule has 0 bridgehead atoms. The smallest absolute Gasteiger partial charge is 0.225 e. The zero-order chi connectivity index (χ0) is 17.6. The maximum absolute atomic E-state index is 12.5. The Kier molecular flexibility index (Phi) is 5.87. The molecule has 1 saturated heterocycles. The van der Waals surface area contributed by atoms with E-state index in [1.165, 1.54) is 5.56 Å². The fraction of sp³-hybridized carbons (Fsp3) is 0.500. The minimum atomic E-state index is 0.200. The van der Waals surface area contributed by atoms with Crippen LogP contribution in [0.1, 0.15) is 25.0 Å². The van der Waals surface area contributed by atoms with E-state index in [0.717, 1.165) is 56.7 Å². The van der Waals surface area contributed by atoms with Gasteiger partial charge in [0, 0.05) is 26.6 Å². The van der Waals surface area contributed by atoms with Crippen molar-refractivity contribution in [1.82, 2.24) is 20.0 Å². The van der Waals surface area contributed by atoms with E-state index in [0.29, 0.717) is 5.91 Å². The average molecular weight is 340 g/mol. The zero-order valence-electron chi connectivity index (χ0n) is 15.2. The number of rotatable bonds is 6. The second-order valence-corrected chi connectivity index (χ2v) is 6.90. The van der Waals surface area contributed by atoms with E-state index in [1.807, 2.05) is 41.9 Å². The molecule has 1 amide bonds. The maximum atomic E-state index is 12.5. The quantitative estimate of drug-likeness (QED) is 0.879. The zero-order valence-corrected chi connectivity index (χ0v) is 15.2. The Bertz CT molecular complexity index is 689. The predicted octanol–water partition coefficient (Wildman–Crippen LogP) is 2.48. The summed E-state index contributed by atoms with van der Waals surface area (Å²) in [6, 6.07) is 12.5. The van der Waals surface area contributed by atoms with E-state index < -0.39 is 0 Å². The van der Waals surface area contributed by atoms with Gasteiger partial charge in [-0.3, -0.25) is 9.48 Å². The lowest BCUT2D eigenvalue weighted by Gasteiger charge is -2.26. The number of piperidine rings is 1. The van der Waals surface area contributed by atoms with Crippen molar-refractivity contribution in [3.8, 4) is 11.3 Å². The van der Waals surface area contributed by atoms with Crippen molar-refractivity contribution in [1.29, 1.82) is 0 Å². The van der Waals surface area contributed by atoms with Gasteiger partial charge < -0.3 is 10.2 Å². The predicted molar refractivity (Wildman–Crippen MR) is 100 cm³/mol. The Morgan fingerprint density at radius 3 is 2.72 bits per heavy atom. The van der Waals surface area contributed by atoms with E-state index in [9.17, 15) is 4.79 Å². The Labute approximate surface area is 150 Å². The van der Waals surface area contributed by atoms with Crippen LogP contribution < -0.4 is 5.32 Å². The van der Waals surface area contributed by atoms with Crippen molar-refractivity contribution in [2.24, 2.45) is 13.0 Å². The standard InChI is InChI=1S/C20H28N4O/c1-23(20(25)17-10-12-21-13-11-17)14-6-9-18-15-19(24(2)22-18)16-7-4-3-5-8-16/h3-5,7-8,15,17,21H,6,9-14H2,1-2H3. The molecule has 134 valence electrons. The van der Waals surface area contributed by atoms with Crippen LogP contribution in [-0.4, -0.2) is 47.3 Å². The van der Waals surface area contributed by atoms with Gasteiger partial charge in [0.05, 0.1) is 11.4 Å². The first-order valence-electron chi connectivity index (χ1n) is 9.19. The van der Waals surface area contributed by atoms with E-state index in [4.69, 9.17) is 0 Å². The van der Waals surface area contributed by atoms with Crippen LogP contribution >= 0.6 is 0 Å². The Hall–Kier alpha value is -2.14. The van der Waals surface area contributed by atoms with Gasteiger partial charge in [-0.2, -0.15) is 5.10 Å². The maximum Gasteiger partial charge on any atom is 0.225 e. The second kappa shape index (κ2) is 8.30. The SMILES string of the molecule is CN(CCCc1cc(-c2ccccc2)n(C)n1)C(=O)C1CCNCC1. The third-order valence-corrected chi connectivity index (χ3v) is 4.99. The van der Waals surface area contributed by atoms with Crippen LogP contribution in [0, 0.1) is 5.92 Å². The molecule has 5 nitrogen and oxygen atoms in total. The molecule has 2 aromatic rings. The van der Waals surface area contributed by atoms with E-state index >= 15 is 0 Å². The lowest BCUT2D eigenvalue weighted by Crippen LogP contribution is -2.39. The first kappa shape index (κ1) is 17.7. The van der Waals surface area contributed by atoms with E-state index in [-0.39, 0.29) is 5.92 Å². The summed E-state index contributed by atoms with van der Waals surface area (Å²) in [6.07, 6.45) is 3.76. The topological polar surface area (TPSA) is 50.2 Å². The van der Waals surface area contributed by atoms with Crippen molar-refractivity contribution >= 4 is 5.91 Å². The molecule has 5 heteroatoms. The number of carbonyl (C=O) groups is 1. The summed E-state index contributed by atoms with van der Waals surface area (Å²) in [6.45, 7) is 2.71. The van der Waals surface area contributed by atoms with Crippen LogP contribution in [0.2, 0.25) is 0 Å². The molecule has 0 saturated carbocycles. The van der Waals surface area contributed by atoms with Gasteiger partial charge in [-0.05, 0) is 50.4 Å². The number of hydrogen-bond acceptors (Lipinski definition) is 3. The fourth-order valence-electron chi connectivity index (χ4n) is 3.52. The molecule has 25 heavy (non-hydrogen) atoms. The summed E-state index contributed by atoms with van der Waals surface area (Å²) in [4.78, 5) is 14.4. The molecular formula is C20H28N4O. The van der Waals surface area contributed by atoms with Crippen LogP contribution in [-0.2, 0) is 18.3 Å². The largest absolute Gasteiger partial charge is 0.346 e. The summed E-state index contributed by atoms with van der Waals surface area (Å²) in [5.74, 6) is 0.498. The van der Waals surface area contributed by atoms with Crippen molar-refractivity contribution < 1.29 is 4.79 Å². The summed E-state index contributed by atoms with van der Waals surface area (Å²) < 4.78 is 1.94. The Balaban J connectivity index is 1.51. The van der Waals surface area contributed by atoms with Gasteiger partial charge >= 0.3 is 0 Å². The van der Waals surface area contributed by atoms with Crippen molar-refractivity contribution in [3.05, 3.63) is 42.1 Å². The first-order chi connectivity index (χ1) is 12.1. The van der Waals surface area contributed by atoms with Crippen LogP contribution in [0.25, 0.3) is 11.3 Å². The fourth-order valence-corrected chi connectivity index (χ4v) is 3.52. The highest BCUT2D eigenvalue weighted by Gasteiger charge is 2.23. The number of aromatic nitrogens is 2. The number of aryl methyl sites for hydroxylation is 2. The highest BCUT2D eigenvalue weighted by molar-refractivity contribution is 5.78. The molecule has 0 radical (unpaired) electrons. The molecule has 1 aromatic heterocycles. The summed E-state index contributed by atoms with van der Waals surface area (Å²) in [5, 5.41) is 7.94. The van der Waals surface area contributed by atoms with Crippen molar-refractivity contribution in [3.63, 3.8) is 0 Å². The number of hydrogen-bond donors (Lipinski definition) is 1. The van der Waals surface area contributed by atoms with E-state index in [1.54, 1.807) is 0 Å². The summed E-state index contributed by atoms with van der Waals surface area (Å²) >= 11 is 0. The molecule has 0 unspecified atom stereocenters. The van der Waals surface area contributed by atoms with Gasteiger partial charge in [0.2, 0.25) is 5.91 Å². The monoisotopic (exact) mass is 340 g/mol. The highest BCUT2D eigenvalue weighted by Crippen LogP contribution is 2.20. The molecule has 1 aliphatic rings. The normalized spacial score (nSPS) is 15.3. The second-order valence-electron chi connectivity index (χ2n) is 6.90. The van der Waals surface area contributed by atoms with Crippen LogP contribution in [0.4, 0.5) is 0 Å². The summed E-state index contributed by atoms with van der Waals surface area (Å²) in [7, 11) is 3.91. The van der Waals surface area contributed by atoms with Crippen LogP contribution in [0.5, 0.6) is 0 Å². The Morgan fingerprint density at radius 2 is 2.00 bits per heavy atom. The molecule has 3 rings (SSSR count). The molecule has 1 aromatic carbocycles. The highest BCUT2D eigenvalue weighted by atomic mass is 16.2. The van der Waals surface area contributed by atoms with Gasteiger partial charge in [0.25, 0.3) is 0 Å². The average Bonchev–Trinajstić information content (AvgIpc) is 3.03. The minimum absolute atomic E-state index is 0.200. The Morgan fingerprint density at radius 1 is 1.28 bits per heavy atom. The molecule has 0 atom stereocenters. The van der Waals surface area contributed by atoms with Crippen molar-refractivity contribution in [2.75, 3.05) is 26.7 Å². The van der Waals surface area contributed by atoms with Gasteiger partial charge in [-0.25, -0.2) is 0 Å². The number of amides is 1. The molecule has 2 heterocycles. The third-order valence-electron chi connectivity index (χ3n) is 4.99. The molecular weight excluding hydrogens is 312 g/mol. The lowest BCUT2D eigenvalue weighted by molar-refractivity contribution is -0.135. The molecule has 1 fully saturated rings. The number of nitrogens with one attached hydrogen (secondary N) is 1. The first-order valence-corrected chi connectivity index (χ1v) is 9.19. The van der Waals surface area contributed by atoms with Gasteiger partial charge in [-0.1, -0.05) is 30.3 Å². The van der Waals surface area contributed by atoms with Crippen molar-refractivity contribution in [2.45, 2.75) is 25.7 Å². The van der Waals surface area contributed by atoms with Crippen LogP contribution in [0.15, 0.2) is 36.4 Å². The molecule has 1 N–H and O–H groups in total. The van der Waals surface area contributed by atoms with Crippen LogP contribution in [0.3, 0.4) is 0 Å². The van der Waals surface area contributed by atoms with E-state index in [2.05, 4.69) is 28.6 Å². The lowest BCUT2D eigenvalue weighted by atomic mass is 9.96. The molecule has 0 spiro atoms. The number of carbonyl (C=O) groups excluding carboxylic acids is 1. The van der Waals surface area contributed by atoms with Gasteiger partial charge in [-0.15, -0.1) is 0 Å². The number of nitrogens with zero attached hydrogens (tertiary/aromatic N) is 3.